The molecule has 0 radical (unpaired) electrons. The van der Waals surface area contributed by atoms with Crippen LogP contribution in [-0.4, -0.2) is 15.7 Å². The summed E-state index contributed by atoms with van der Waals surface area (Å²) >= 11 is 1.67. The van der Waals surface area contributed by atoms with Crippen molar-refractivity contribution in [1.29, 1.82) is 0 Å². The Hall–Kier alpha value is -1.56. The van der Waals surface area contributed by atoms with E-state index < -0.39 is 4.92 Å². The van der Waals surface area contributed by atoms with Gasteiger partial charge in [-0.05, 0) is 11.5 Å². The van der Waals surface area contributed by atoms with Gasteiger partial charge in [-0.25, -0.2) is 0 Å². The van der Waals surface area contributed by atoms with Gasteiger partial charge in [-0.15, -0.1) is 11.8 Å². The average molecular weight is 209 g/mol. The van der Waals surface area contributed by atoms with Gasteiger partial charge < -0.3 is 5.32 Å². The molecule has 0 saturated heterocycles. The van der Waals surface area contributed by atoms with Gasteiger partial charge in [-0.1, -0.05) is 0 Å². The molecule has 0 aromatic carbocycles. The summed E-state index contributed by atoms with van der Waals surface area (Å²) in [7, 11) is 0. The van der Waals surface area contributed by atoms with Crippen LogP contribution in [-0.2, 0) is 0 Å². The van der Waals surface area contributed by atoms with Crippen LogP contribution in [0.5, 0.6) is 0 Å². The third kappa shape index (κ3) is 1.69. The van der Waals surface area contributed by atoms with Gasteiger partial charge >= 0.3 is 5.69 Å². The molecule has 0 spiro atoms. The molecule has 1 aliphatic rings. The van der Waals surface area contributed by atoms with E-state index >= 15 is 0 Å². The van der Waals surface area contributed by atoms with Gasteiger partial charge in [0, 0.05) is 17.6 Å². The monoisotopic (exact) mass is 209 g/mol. The molecular weight excluding hydrogens is 202 g/mol. The number of hydrogen-bond donors (Lipinski definition) is 1. The summed E-state index contributed by atoms with van der Waals surface area (Å²) in [5.41, 5.74) is 1.51. The van der Waals surface area contributed by atoms with Crippen molar-refractivity contribution in [3.8, 4) is 0 Å². The standard InChI is InChI=1S/C8H7N3O2S/c12-11(13)8-3-9-2-1-7(8)10-6-4-14-5-6/h1-4H,5H2,(H,9,10). The predicted molar refractivity (Wildman–Crippen MR) is 55.1 cm³/mol. The molecule has 2 heterocycles. The van der Waals surface area contributed by atoms with Crippen molar-refractivity contribution in [2.45, 2.75) is 0 Å². The fourth-order valence-corrected chi connectivity index (χ4v) is 1.51. The lowest BCUT2D eigenvalue weighted by atomic mass is 10.3. The first-order valence-corrected chi connectivity index (χ1v) is 4.98. The summed E-state index contributed by atoms with van der Waals surface area (Å²) in [6.07, 6.45) is 2.77. The van der Waals surface area contributed by atoms with E-state index in [0.717, 1.165) is 11.4 Å². The Morgan fingerprint density at radius 1 is 1.64 bits per heavy atom. The van der Waals surface area contributed by atoms with E-state index in [9.17, 15) is 10.1 Å². The maximum absolute atomic E-state index is 10.6. The van der Waals surface area contributed by atoms with Crippen LogP contribution >= 0.6 is 11.8 Å². The molecular formula is C8H7N3O2S. The van der Waals surface area contributed by atoms with E-state index in [2.05, 4.69) is 10.3 Å². The lowest BCUT2D eigenvalue weighted by Crippen LogP contribution is -2.08. The first kappa shape index (κ1) is 9.01. The molecule has 0 saturated carbocycles. The number of nitrogens with one attached hydrogen (secondary N) is 1. The molecule has 6 heteroatoms. The van der Waals surface area contributed by atoms with Crippen LogP contribution in [0.3, 0.4) is 0 Å². The van der Waals surface area contributed by atoms with E-state index in [-0.39, 0.29) is 5.69 Å². The molecule has 0 aliphatic carbocycles. The highest BCUT2D eigenvalue weighted by Gasteiger charge is 2.15. The first-order valence-electron chi connectivity index (χ1n) is 3.93. The fraction of sp³-hybridized carbons (Fsp3) is 0.125. The molecule has 0 fully saturated rings. The molecule has 0 bridgehead atoms. The van der Waals surface area contributed by atoms with Crippen LogP contribution in [0, 0.1) is 10.1 Å². The van der Waals surface area contributed by atoms with Crippen LogP contribution in [0.15, 0.2) is 29.6 Å². The zero-order valence-electron chi connectivity index (χ0n) is 7.14. The highest BCUT2D eigenvalue weighted by Crippen LogP contribution is 2.28. The molecule has 2 rings (SSSR count). The number of anilines is 1. The van der Waals surface area contributed by atoms with Crippen LogP contribution in [0.1, 0.15) is 0 Å². The van der Waals surface area contributed by atoms with E-state index in [4.69, 9.17) is 0 Å². The summed E-state index contributed by atoms with van der Waals surface area (Å²) < 4.78 is 0. The number of nitro groups is 1. The smallest absolute Gasteiger partial charge is 0.310 e. The number of hydrogen-bond acceptors (Lipinski definition) is 5. The van der Waals surface area contributed by atoms with Crippen molar-refractivity contribution < 1.29 is 4.92 Å². The van der Waals surface area contributed by atoms with Crippen LogP contribution in [0.4, 0.5) is 11.4 Å². The molecule has 0 unspecified atom stereocenters. The van der Waals surface area contributed by atoms with Crippen molar-refractivity contribution in [3.05, 3.63) is 39.7 Å². The Bertz CT molecular complexity index is 405. The average Bonchev–Trinajstić information content (AvgIpc) is 2.12. The second-order valence-electron chi connectivity index (χ2n) is 2.73. The Balaban J connectivity index is 2.26. The molecule has 5 nitrogen and oxygen atoms in total. The third-order valence-electron chi connectivity index (χ3n) is 1.76. The summed E-state index contributed by atoms with van der Waals surface area (Å²) in [6, 6.07) is 1.60. The quantitative estimate of drug-likeness (QED) is 0.609. The maximum atomic E-state index is 10.6. The predicted octanol–water partition coefficient (Wildman–Crippen LogP) is 1.99. The SMILES string of the molecule is O=[N+]([O-])c1cnccc1NC1=CSC1. The topological polar surface area (TPSA) is 68.1 Å². The highest BCUT2D eigenvalue weighted by atomic mass is 32.2. The molecule has 1 N–H and O–H groups in total. The van der Waals surface area contributed by atoms with Crippen molar-refractivity contribution >= 4 is 23.1 Å². The van der Waals surface area contributed by atoms with E-state index in [1.54, 1.807) is 17.8 Å². The minimum absolute atomic E-state index is 0.00491. The van der Waals surface area contributed by atoms with Gasteiger partial charge in [0.15, 0.2) is 0 Å². The van der Waals surface area contributed by atoms with Crippen molar-refractivity contribution in [2.75, 3.05) is 11.1 Å². The molecule has 0 amide bonds. The number of thioether (sulfide) groups is 1. The summed E-state index contributed by atoms with van der Waals surface area (Å²) in [6.45, 7) is 0. The minimum Gasteiger partial charge on any atom is -0.352 e. The normalized spacial score (nSPS) is 14.1. The van der Waals surface area contributed by atoms with E-state index in [0.29, 0.717) is 5.69 Å². The number of nitrogens with zero attached hydrogens (tertiary/aromatic N) is 2. The lowest BCUT2D eigenvalue weighted by Gasteiger charge is -2.15. The van der Waals surface area contributed by atoms with Crippen molar-refractivity contribution in [1.82, 2.24) is 4.98 Å². The second kappa shape index (κ2) is 3.67. The highest BCUT2D eigenvalue weighted by molar-refractivity contribution is 8.03. The molecule has 14 heavy (non-hydrogen) atoms. The summed E-state index contributed by atoms with van der Waals surface area (Å²) in [5.74, 6) is 0.874. The summed E-state index contributed by atoms with van der Waals surface area (Å²) in [4.78, 5) is 13.9. The summed E-state index contributed by atoms with van der Waals surface area (Å²) in [5, 5.41) is 15.5. The largest absolute Gasteiger partial charge is 0.352 e. The zero-order valence-corrected chi connectivity index (χ0v) is 7.95. The van der Waals surface area contributed by atoms with Crippen LogP contribution in [0.25, 0.3) is 0 Å². The van der Waals surface area contributed by atoms with Gasteiger partial charge in [0.2, 0.25) is 0 Å². The van der Waals surface area contributed by atoms with Crippen LogP contribution in [0.2, 0.25) is 0 Å². The number of pyridine rings is 1. The second-order valence-corrected chi connectivity index (χ2v) is 3.59. The molecule has 1 aromatic rings. The van der Waals surface area contributed by atoms with Gasteiger partial charge in [0.1, 0.15) is 11.9 Å². The molecule has 1 aliphatic heterocycles. The van der Waals surface area contributed by atoms with Gasteiger partial charge in [0.25, 0.3) is 0 Å². The van der Waals surface area contributed by atoms with Gasteiger partial charge in [0.05, 0.1) is 4.92 Å². The Kier molecular flexibility index (Phi) is 2.36. The van der Waals surface area contributed by atoms with Crippen molar-refractivity contribution in [3.63, 3.8) is 0 Å². The lowest BCUT2D eigenvalue weighted by molar-refractivity contribution is -0.384. The Morgan fingerprint density at radius 3 is 3.00 bits per heavy atom. The van der Waals surface area contributed by atoms with Gasteiger partial charge in [-0.3, -0.25) is 15.1 Å². The molecule has 0 atom stereocenters. The zero-order chi connectivity index (χ0) is 9.97. The minimum atomic E-state index is -0.443. The maximum Gasteiger partial charge on any atom is 0.310 e. The Labute approximate surface area is 84.4 Å². The third-order valence-corrected chi connectivity index (χ3v) is 2.69. The Morgan fingerprint density at radius 2 is 2.43 bits per heavy atom. The fourth-order valence-electron chi connectivity index (χ4n) is 1.04. The van der Waals surface area contributed by atoms with E-state index in [1.807, 2.05) is 5.41 Å². The number of aromatic nitrogens is 1. The van der Waals surface area contributed by atoms with E-state index in [1.165, 1.54) is 12.4 Å². The first-order chi connectivity index (χ1) is 6.77. The van der Waals surface area contributed by atoms with Crippen molar-refractivity contribution in [2.24, 2.45) is 0 Å². The van der Waals surface area contributed by atoms with Crippen LogP contribution < -0.4 is 5.32 Å². The molecule has 1 aromatic heterocycles. The van der Waals surface area contributed by atoms with Gasteiger partial charge in [-0.2, -0.15) is 0 Å². The molecule has 72 valence electrons. The number of rotatable bonds is 3.